The highest BCUT2D eigenvalue weighted by molar-refractivity contribution is 7.89. The van der Waals surface area contributed by atoms with Crippen LogP contribution in [0.5, 0.6) is 0 Å². The summed E-state index contributed by atoms with van der Waals surface area (Å²) in [4.78, 5) is 0. The Morgan fingerprint density at radius 3 is 2.62 bits per heavy atom. The Morgan fingerprint density at radius 2 is 2.15 bits per heavy atom. The Bertz CT molecular complexity index is 272. The molecule has 0 aromatic carbocycles. The Kier molecular flexibility index (Phi) is 2.96. The standard InChI is InChI=1S/C7H15NO4S/c1-7(2)5-11-3-6(12-7)4-13(8,9)10/h6H,3-5H2,1-2H3,(H2,8,9,10)/t6-/m1/s1. The van der Waals surface area contributed by atoms with Gasteiger partial charge >= 0.3 is 0 Å². The van der Waals surface area contributed by atoms with Crippen molar-refractivity contribution in [3.05, 3.63) is 0 Å². The molecule has 1 heterocycles. The van der Waals surface area contributed by atoms with Crippen molar-refractivity contribution >= 4 is 10.0 Å². The van der Waals surface area contributed by atoms with Gasteiger partial charge in [0.25, 0.3) is 0 Å². The van der Waals surface area contributed by atoms with E-state index in [9.17, 15) is 8.42 Å². The Hall–Kier alpha value is -0.170. The maximum absolute atomic E-state index is 10.8. The normalized spacial score (nSPS) is 28.7. The number of rotatable bonds is 2. The lowest BCUT2D eigenvalue weighted by molar-refractivity contribution is -0.174. The van der Waals surface area contributed by atoms with Gasteiger partial charge in [0.2, 0.25) is 10.0 Å². The van der Waals surface area contributed by atoms with Gasteiger partial charge in [-0.3, -0.25) is 0 Å². The summed E-state index contributed by atoms with van der Waals surface area (Å²) in [7, 11) is -3.48. The molecule has 5 nitrogen and oxygen atoms in total. The van der Waals surface area contributed by atoms with E-state index in [0.29, 0.717) is 13.2 Å². The van der Waals surface area contributed by atoms with Crippen LogP contribution in [0.2, 0.25) is 0 Å². The van der Waals surface area contributed by atoms with Gasteiger partial charge in [-0.25, -0.2) is 13.6 Å². The minimum Gasteiger partial charge on any atom is -0.376 e. The van der Waals surface area contributed by atoms with Crippen LogP contribution in [0.25, 0.3) is 0 Å². The third-order valence-corrected chi connectivity index (χ3v) is 2.49. The topological polar surface area (TPSA) is 78.6 Å². The number of nitrogens with two attached hydrogens (primary N) is 1. The molecule has 13 heavy (non-hydrogen) atoms. The highest BCUT2D eigenvalue weighted by Crippen LogP contribution is 2.18. The van der Waals surface area contributed by atoms with Crippen LogP contribution in [0.4, 0.5) is 0 Å². The number of ether oxygens (including phenoxy) is 2. The van der Waals surface area contributed by atoms with Crippen molar-refractivity contribution in [2.24, 2.45) is 5.14 Å². The third kappa shape index (κ3) is 4.04. The summed E-state index contributed by atoms with van der Waals surface area (Å²) in [5.74, 6) is -0.184. The molecule has 0 bridgehead atoms. The summed E-state index contributed by atoms with van der Waals surface area (Å²) in [6, 6.07) is 0. The van der Waals surface area contributed by atoms with Gasteiger partial charge in [-0.15, -0.1) is 0 Å². The van der Waals surface area contributed by atoms with Crippen molar-refractivity contribution in [2.45, 2.75) is 25.6 Å². The summed E-state index contributed by atoms with van der Waals surface area (Å²) >= 11 is 0. The Labute approximate surface area is 78.3 Å². The van der Waals surface area contributed by atoms with E-state index in [1.165, 1.54) is 0 Å². The average Bonchev–Trinajstić information content (AvgIpc) is 1.79. The number of hydrogen-bond acceptors (Lipinski definition) is 4. The maximum Gasteiger partial charge on any atom is 0.211 e. The second-order valence-electron chi connectivity index (χ2n) is 3.84. The maximum atomic E-state index is 10.8. The van der Waals surface area contributed by atoms with Crippen molar-refractivity contribution in [3.63, 3.8) is 0 Å². The van der Waals surface area contributed by atoms with Crippen molar-refractivity contribution in [3.8, 4) is 0 Å². The fraction of sp³-hybridized carbons (Fsp3) is 1.00. The van der Waals surface area contributed by atoms with Crippen molar-refractivity contribution in [2.75, 3.05) is 19.0 Å². The fourth-order valence-corrected chi connectivity index (χ4v) is 1.98. The third-order valence-electron chi connectivity index (χ3n) is 1.66. The van der Waals surface area contributed by atoms with Gasteiger partial charge in [0, 0.05) is 0 Å². The van der Waals surface area contributed by atoms with Crippen LogP contribution >= 0.6 is 0 Å². The molecule has 78 valence electrons. The van der Waals surface area contributed by atoms with Crippen LogP contribution in [0.15, 0.2) is 0 Å². The summed E-state index contributed by atoms with van der Waals surface area (Å²) in [5.41, 5.74) is -0.423. The minimum absolute atomic E-state index is 0.184. The molecular weight excluding hydrogens is 194 g/mol. The highest BCUT2D eigenvalue weighted by atomic mass is 32.2. The SMILES string of the molecule is CC1(C)COC[C@H](CS(N)(=O)=O)O1. The van der Waals surface area contributed by atoms with Gasteiger partial charge in [-0.05, 0) is 13.8 Å². The molecule has 1 fully saturated rings. The summed E-state index contributed by atoms with van der Waals surface area (Å²) < 4.78 is 32.2. The first-order chi connectivity index (χ1) is 5.79. The van der Waals surface area contributed by atoms with Crippen LogP contribution in [0, 0.1) is 0 Å². The van der Waals surface area contributed by atoms with E-state index in [-0.39, 0.29) is 5.75 Å². The first-order valence-corrected chi connectivity index (χ1v) is 5.76. The molecule has 0 saturated carbocycles. The minimum atomic E-state index is -3.48. The van der Waals surface area contributed by atoms with E-state index < -0.39 is 21.7 Å². The zero-order chi connectivity index (χ0) is 10.1. The van der Waals surface area contributed by atoms with E-state index in [2.05, 4.69) is 0 Å². The first kappa shape index (κ1) is 10.9. The van der Waals surface area contributed by atoms with Crippen LogP contribution in [0.3, 0.4) is 0 Å². The summed E-state index contributed by atoms with van der Waals surface area (Å²) in [6.07, 6.45) is -0.446. The van der Waals surface area contributed by atoms with E-state index >= 15 is 0 Å². The lowest BCUT2D eigenvalue weighted by atomic mass is 10.1. The monoisotopic (exact) mass is 209 g/mol. The predicted octanol–water partition coefficient (Wildman–Crippen LogP) is -0.531. The molecule has 1 saturated heterocycles. The molecule has 1 atom stereocenters. The van der Waals surface area contributed by atoms with E-state index in [0.717, 1.165) is 0 Å². The number of sulfonamides is 1. The van der Waals surface area contributed by atoms with Gasteiger partial charge in [0.1, 0.15) is 0 Å². The fourth-order valence-electron chi connectivity index (χ4n) is 1.30. The summed E-state index contributed by atoms with van der Waals surface area (Å²) in [5, 5.41) is 4.89. The lowest BCUT2D eigenvalue weighted by Gasteiger charge is -2.35. The number of hydrogen-bond donors (Lipinski definition) is 1. The molecule has 0 aromatic rings. The van der Waals surface area contributed by atoms with Crippen LogP contribution < -0.4 is 5.14 Å². The molecule has 0 unspecified atom stereocenters. The van der Waals surface area contributed by atoms with Gasteiger partial charge in [0.05, 0.1) is 30.7 Å². The van der Waals surface area contributed by atoms with Gasteiger partial charge in [-0.2, -0.15) is 0 Å². The average molecular weight is 209 g/mol. The molecule has 6 heteroatoms. The summed E-state index contributed by atoms with van der Waals surface area (Å²) in [6.45, 7) is 4.47. The molecular formula is C7H15NO4S. The Morgan fingerprint density at radius 1 is 1.54 bits per heavy atom. The molecule has 0 spiro atoms. The largest absolute Gasteiger partial charge is 0.376 e. The van der Waals surface area contributed by atoms with Crippen LogP contribution in [-0.2, 0) is 19.5 Å². The van der Waals surface area contributed by atoms with Crippen molar-refractivity contribution < 1.29 is 17.9 Å². The van der Waals surface area contributed by atoms with E-state index in [1.807, 2.05) is 13.8 Å². The van der Waals surface area contributed by atoms with Crippen molar-refractivity contribution in [1.82, 2.24) is 0 Å². The zero-order valence-corrected chi connectivity index (χ0v) is 8.63. The van der Waals surface area contributed by atoms with Gasteiger partial charge in [0.15, 0.2) is 0 Å². The smallest absolute Gasteiger partial charge is 0.211 e. The molecule has 1 aliphatic rings. The van der Waals surface area contributed by atoms with Gasteiger partial charge in [-0.1, -0.05) is 0 Å². The molecule has 1 rings (SSSR count). The Balaban J connectivity index is 2.53. The second kappa shape index (κ2) is 3.53. The first-order valence-electron chi connectivity index (χ1n) is 4.04. The van der Waals surface area contributed by atoms with E-state index in [4.69, 9.17) is 14.6 Å². The van der Waals surface area contributed by atoms with Gasteiger partial charge < -0.3 is 9.47 Å². The highest BCUT2D eigenvalue weighted by Gasteiger charge is 2.31. The number of primary sulfonamides is 1. The molecule has 0 amide bonds. The quantitative estimate of drug-likeness (QED) is 0.663. The molecule has 0 radical (unpaired) electrons. The van der Waals surface area contributed by atoms with Crippen LogP contribution in [0.1, 0.15) is 13.8 Å². The van der Waals surface area contributed by atoms with Crippen molar-refractivity contribution in [1.29, 1.82) is 0 Å². The van der Waals surface area contributed by atoms with Crippen LogP contribution in [-0.4, -0.2) is 39.1 Å². The molecule has 1 aliphatic heterocycles. The zero-order valence-electron chi connectivity index (χ0n) is 7.82. The van der Waals surface area contributed by atoms with E-state index in [1.54, 1.807) is 0 Å². The predicted molar refractivity (Wildman–Crippen MR) is 47.7 cm³/mol. The molecule has 0 aromatic heterocycles. The molecule has 0 aliphatic carbocycles. The molecule has 2 N–H and O–H groups in total. The second-order valence-corrected chi connectivity index (χ2v) is 5.50. The lowest BCUT2D eigenvalue weighted by Crippen LogP contribution is -2.46.